The third-order valence-corrected chi connectivity index (χ3v) is 4.29. The minimum Gasteiger partial charge on any atom is -0.394 e. The molecule has 4 nitrogen and oxygen atoms in total. The van der Waals surface area contributed by atoms with Crippen LogP contribution in [0.3, 0.4) is 0 Å². The highest BCUT2D eigenvalue weighted by Gasteiger charge is 2.32. The highest BCUT2D eigenvalue weighted by atomic mass is 19.4. The van der Waals surface area contributed by atoms with E-state index >= 15 is 0 Å². The Kier molecular flexibility index (Phi) is 4.76. The van der Waals surface area contributed by atoms with E-state index in [-0.39, 0.29) is 24.2 Å². The van der Waals surface area contributed by atoms with Gasteiger partial charge in [-0.2, -0.15) is 13.2 Å². The van der Waals surface area contributed by atoms with E-state index in [0.29, 0.717) is 17.7 Å². The predicted molar refractivity (Wildman–Crippen MR) is 85.8 cm³/mol. The van der Waals surface area contributed by atoms with Gasteiger partial charge in [0.25, 0.3) is 5.91 Å². The van der Waals surface area contributed by atoms with Crippen LogP contribution in [0.5, 0.6) is 0 Å². The van der Waals surface area contributed by atoms with Crippen molar-refractivity contribution in [3.05, 3.63) is 53.7 Å². The first-order valence-electron chi connectivity index (χ1n) is 7.96. The van der Waals surface area contributed by atoms with E-state index < -0.39 is 11.9 Å². The lowest BCUT2D eigenvalue weighted by Crippen LogP contribution is -2.37. The molecule has 1 aliphatic heterocycles. The van der Waals surface area contributed by atoms with Crippen molar-refractivity contribution < 1.29 is 23.1 Å². The second kappa shape index (κ2) is 6.84. The number of benzene rings is 1. The van der Waals surface area contributed by atoms with Crippen LogP contribution in [-0.2, 0) is 6.18 Å². The topological polar surface area (TPSA) is 53.4 Å². The summed E-state index contributed by atoms with van der Waals surface area (Å²) in [6.07, 6.45) is -2.95. The van der Waals surface area contributed by atoms with Crippen molar-refractivity contribution in [1.82, 2.24) is 9.88 Å². The number of hydrogen-bond acceptors (Lipinski definition) is 3. The molecule has 1 amide bonds. The van der Waals surface area contributed by atoms with Crippen molar-refractivity contribution >= 4 is 5.91 Å². The molecule has 2 heterocycles. The van der Waals surface area contributed by atoms with Gasteiger partial charge in [-0.05, 0) is 37.1 Å². The Bertz CT molecular complexity index is 777. The van der Waals surface area contributed by atoms with Crippen molar-refractivity contribution in [3.63, 3.8) is 0 Å². The molecule has 1 aromatic carbocycles. The fourth-order valence-corrected chi connectivity index (χ4v) is 3.02. The summed E-state index contributed by atoms with van der Waals surface area (Å²) in [5.41, 5.74) is -0.0000192. The van der Waals surface area contributed by atoms with E-state index in [4.69, 9.17) is 0 Å². The van der Waals surface area contributed by atoms with Crippen LogP contribution in [-0.4, -0.2) is 40.1 Å². The van der Waals surface area contributed by atoms with Crippen LogP contribution in [0.15, 0.2) is 42.5 Å². The third kappa shape index (κ3) is 3.66. The molecule has 0 unspecified atom stereocenters. The van der Waals surface area contributed by atoms with Crippen LogP contribution in [0.25, 0.3) is 11.3 Å². The van der Waals surface area contributed by atoms with Gasteiger partial charge in [-0.1, -0.05) is 18.2 Å². The molecule has 1 N–H and O–H groups in total. The number of alkyl halides is 3. The molecule has 1 saturated heterocycles. The number of aromatic nitrogens is 1. The summed E-state index contributed by atoms with van der Waals surface area (Å²) in [6.45, 7) is 0.469. The SMILES string of the molecule is O=C(c1cccc(-c2cccc(C(F)(F)F)n2)c1)N1CCC[C@H]1CO. The zero-order chi connectivity index (χ0) is 18.0. The summed E-state index contributed by atoms with van der Waals surface area (Å²) in [6, 6.07) is 9.87. The van der Waals surface area contributed by atoms with Gasteiger partial charge in [-0.15, -0.1) is 0 Å². The molecule has 1 fully saturated rings. The van der Waals surface area contributed by atoms with Crippen LogP contribution in [0.4, 0.5) is 13.2 Å². The van der Waals surface area contributed by atoms with Gasteiger partial charge < -0.3 is 10.0 Å². The molecule has 25 heavy (non-hydrogen) atoms. The number of carbonyl (C=O) groups excluding carboxylic acids is 1. The van der Waals surface area contributed by atoms with Crippen molar-refractivity contribution in [2.45, 2.75) is 25.1 Å². The summed E-state index contributed by atoms with van der Waals surface area (Å²) in [7, 11) is 0. The maximum Gasteiger partial charge on any atom is 0.433 e. The Labute approximate surface area is 142 Å². The first-order valence-corrected chi connectivity index (χ1v) is 7.96. The van der Waals surface area contributed by atoms with Gasteiger partial charge in [0.05, 0.1) is 18.3 Å². The van der Waals surface area contributed by atoms with Crippen molar-refractivity contribution in [2.75, 3.05) is 13.2 Å². The van der Waals surface area contributed by atoms with Crippen LogP contribution < -0.4 is 0 Å². The van der Waals surface area contributed by atoms with E-state index in [2.05, 4.69) is 4.98 Å². The van der Waals surface area contributed by atoms with Gasteiger partial charge in [0.2, 0.25) is 0 Å². The van der Waals surface area contributed by atoms with Crippen LogP contribution in [0, 0.1) is 0 Å². The molecular formula is C18H17F3N2O2. The predicted octanol–water partition coefficient (Wildman–Crippen LogP) is 3.36. The van der Waals surface area contributed by atoms with Crippen molar-refractivity contribution in [3.8, 4) is 11.3 Å². The molecule has 1 aromatic heterocycles. The molecule has 3 rings (SSSR count). The summed E-state index contributed by atoms with van der Waals surface area (Å²) < 4.78 is 38.5. The number of rotatable bonds is 3. The van der Waals surface area contributed by atoms with Crippen molar-refractivity contribution in [2.24, 2.45) is 0 Å². The summed E-state index contributed by atoms with van der Waals surface area (Å²) in [5, 5.41) is 9.36. The molecule has 0 radical (unpaired) electrons. The summed E-state index contributed by atoms with van der Waals surface area (Å²) >= 11 is 0. The van der Waals surface area contributed by atoms with Gasteiger partial charge in [-0.25, -0.2) is 4.98 Å². The van der Waals surface area contributed by atoms with Gasteiger partial charge in [0.1, 0.15) is 5.69 Å². The lowest BCUT2D eigenvalue weighted by atomic mass is 10.1. The average Bonchev–Trinajstić information content (AvgIpc) is 3.09. The summed E-state index contributed by atoms with van der Waals surface area (Å²) in [4.78, 5) is 17.9. The van der Waals surface area contributed by atoms with E-state index in [9.17, 15) is 23.1 Å². The Morgan fingerprint density at radius 3 is 2.72 bits per heavy atom. The lowest BCUT2D eigenvalue weighted by Gasteiger charge is -2.23. The molecular weight excluding hydrogens is 333 g/mol. The highest BCUT2D eigenvalue weighted by molar-refractivity contribution is 5.95. The molecule has 0 bridgehead atoms. The van der Waals surface area contributed by atoms with Crippen LogP contribution in [0.2, 0.25) is 0 Å². The fraction of sp³-hybridized carbons (Fsp3) is 0.333. The Hall–Kier alpha value is -2.41. The van der Waals surface area contributed by atoms with E-state index in [1.807, 2.05) is 0 Å². The van der Waals surface area contributed by atoms with Gasteiger partial charge in [-0.3, -0.25) is 4.79 Å². The minimum atomic E-state index is -4.52. The molecule has 0 spiro atoms. The van der Waals surface area contributed by atoms with Gasteiger partial charge in [0.15, 0.2) is 0 Å². The van der Waals surface area contributed by atoms with E-state index in [1.165, 1.54) is 18.2 Å². The first kappa shape index (κ1) is 17.4. The fourth-order valence-electron chi connectivity index (χ4n) is 3.02. The Morgan fingerprint density at radius 2 is 2.00 bits per heavy atom. The lowest BCUT2D eigenvalue weighted by molar-refractivity contribution is -0.141. The van der Waals surface area contributed by atoms with E-state index in [0.717, 1.165) is 18.9 Å². The number of hydrogen-bond donors (Lipinski definition) is 1. The highest BCUT2D eigenvalue weighted by Crippen LogP contribution is 2.30. The smallest absolute Gasteiger partial charge is 0.394 e. The largest absolute Gasteiger partial charge is 0.433 e. The van der Waals surface area contributed by atoms with Gasteiger partial charge in [0, 0.05) is 17.7 Å². The number of carbonyl (C=O) groups is 1. The number of pyridine rings is 1. The minimum absolute atomic E-state index is 0.0966. The molecule has 7 heteroatoms. The second-order valence-electron chi connectivity index (χ2n) is 5.96. The maximum absolute atomic E-state index is 12.8. The Balaban J connectivity index is 1.91. The summed E-state index contributed by atoms with van der Waals surface area (Å²) in [5.74, 6) is -0.231. The maximum atomic E-state index is 12.8. The van der Waals surface area contributed by atoms with Gasteiger partial charge >= 0.3 is 6.18 Å². The Morgan fingerprint density at radius 1 is 1.24 bits per heavy atom. The number of nitrogens with zero attached hydrogens (tertiary/aromatic N) is 2. The quantitative estimate of drug-likeness (QED) is 0.923. The van der Waals surface area contributed by atoms with Crippen molar-refractivity contribution in [1.29, 1.82) is 0 Å². The molecule has 2 aromatic rings. The normalized spacial score (nSPS) is 17.8. The molecule has 0 saturated carbocycles. The molecule has 1 atom stereocenters. The van der Waals surface area contributed by atoms with Crippen LogP contribution in [0.1, 0.15) is 28.9 Å². The monoisotopic (exact) mass is 350 g/mol. The molecule has 132 valence electrons. The number of halogens is 3. The number of aliphatic hydroxyl groups is 1. The first-order chi connectivity index (χ1) is 11.9. The zero-order valence-electron chi connectivity index (χ0n) is 13.3. The number of amides is 1. The number of aliphatic hydroxyl groups excluding tert-OH is 1. The second-order valence-corrected chi connectivity index (χ2v) is 5.96. The standard InChI is InChI=1S/C18H17F3N2O2/c19-18(20,21)16-8-2-7-15(22-16)12-4-1-5-13(10-12)17(25)23-9-3-6-14(23)11-24/h1-2,4-5,7-8,10,14,24H,3,6,9,11H2/t14-/m0/s1. The van der Waals surface area contributed by atoms with Crippen LogP contribution >= 0.6 is 0 Å². The molecule has 1 aliphatic rings. The zero-order valence-corrected chi connectivity index (χ0v) is 13.3. The van der Waals surface area contributed by atoms with E-state index in [1.54, 1.807) is 23.1 Å². The number of likely N-dealkylation sites (tertiary alicyclic amines) is 1. The average molecular weight is 350 g/mol. The third-order valence-electron chi connectivity index (χ3n) is 4.29. The molecule has 0 aliphatic carbocycles.